The lowest BCUT2D eigenvalue weighted by Crippen LogP contribution is -2.19. The number of amides is 1. The fourth-order valence-electron chi connectivity index (χ4n) is 1.93. The first-order valence-corrected chi connectivity index (χ1v) is 7.45. The number of thioether (sulfide) groups is 1. The number of rotatable bonds is 4. The molecule has 116 valence electrons. The first-order valence-electron chi connectivity index (χ1n) is 6.64. The Kier molecular flexibility index (Phi) is 4.24. The predicted molar refractivity (Wildman–Crippen MR) is 86.7 cm³/mol. The number of carbonyl (C=O) groups is 1. The van der Waals surface area contributed by atoms with E-state index in [-0.39, 0.29) is 11.6 Å². The zero-order chi connectivity index (χ0) is 16.2. The van der Waals surface area contributed by atoms with E-state index >= 15 is 0 Å². The van der Waals surface area contributed by atoms with Crippen molar-refractivity contribution in [2.24, 2.45) is 4.99 Å². The number of nitro groups is 1. The molecule has 1 amide bonds. The Balaban J connectivity index is 1.76. The van der Waals surface area contributed by atoms with E-state index in [1.165, 1.54) is 23.9 Å². The molecule has 1 saturated heterocycles. The molecule has 0 spiro atoms. The first-order chi connectivity index (χ1) is 11.1. The lowest BCUT2D eigenvalue weighted by atomic mass is 10.2. The molecule has 8 heteroatoms. The summed E-state index contributed by atoms with van der Waals surface area (Å²) >= 11 is 1.19. The van der Waals surface area contributed by atoms with Crippen LogP contribution < -0.4 is 5.32 Å². The molecule has 1 aliphatic rings. The van der Waals surface area contributed by atoms with Crippen LogP contribution in [0.4, 0.5) is 5.69 Å². The molecule has 0 bridgehead atoms. The van der Waals surface area contributed by atoms with Gasteiger partial charge in [-0.3, -0.25) is 19.9 Å². The van der Waals surface area contributed by atoms with Gasteiger partial charge in [0.25, 0.3) is 11.6 Å². The van der Waals surface area contributed by atoms with Gasteiger partial charge in [-0.1, -0.05) is 12.1 Å². The molecule has 1 aromatic heterocycles. The van der Waals surface area contributed by atoms with Crippen molar-refractivity contribution in [2.75, 3.05) is 0 Å². The second kappa shape index (κ2) is 6.49. The highest BCUT2D eigenvalue weighted by Gasteiger charge is 2.23. The van der Waals surface area contributed by atoms with E-state index in [0.717, 1.165) is 0 Å². The van der Waals surface area contributed by atoms with Gasteiger partial charge in [-0.15, -0.1) is 0 Å². The minimum absolute atomic E-state index is 0.0190. The van der Waals surface area contributed by atoms with Crippen LogP contribution in [-0.2, 0) is 11.3 Å². The van der Waals surface area contributed by atoms with Gasteiger partial charge in [0.2, 0.25) is 0 Å². The quantitative estimate of drug-likeness (QED) is 0.528. The predicted octanol–water partition coefficient (Wildman–Crippen LogP) is 2.95. The van der Waals surface area contributed by atoms with E-state index in [1.807, 2.05) is 0 Å². The highest BCUT2D eigenvalue weighted by atomic mass is 32.2. The number of carbonyl (C=O) groups excluding carboxylic acids is 1. The molecule has 7 nitrogen and oxygen atoms in total. The van der Waals surface area contributed by atoms with Crippen LogP contribution >= 0.6 is 11.8 Å². The second-order valence-electron chi connectivity index (χ2n) is 4.62. The third kappa shape index (κ3) is 3.67. The summed E-state index contributed by atoms with van der Waals surface area (Å²) in [5.74, 6) is 0.420. The molecule has 0 radical (unpaired) electrons. The van der Waals surface area contributed by atoms with Crippen molar-refractivity contribution in [3.05, 3.63) is 69.0 Å². The minimum Gasteiger partial charge on any atom is -0.467 e. The number of non-ortho nitro benzene ring substituents is 1. The van der Waals surface area contributed by atoms with Crippen molar-refractivity contribution in [1.82, 2.24) is 5.32 Å². The zero-order valence-electron chi connectivity index (χ0n) is 11.8. The summed E-state index contributed by atoms with van der Waals surface area (Å²) in [5, 5.41) is 13.9. The highest BCUT2D eigenvalue weighted by molar-refractivity contribution is 8.18. The summed E-state index contributed by atoms with van der Waals surface area (Å²) in [6.45, 7) is 0.333. The maximum atomic E-state index is 11.9. The Hall–Kier alpha value is -2.87. The van der Waals surface area contributed by atoms with Crippen LogP contribution in [0.2, 0.25) is 0 Å². The molecule has 0 saturated carbocycles. The molecule has 1 aliphatic heterocycles. The third-order valence-corrected chi connectivity index (χ3v) is 3.94. The molecule has 1 aromatic carbocycles. The van der Waals surface area contributed by atoms with Crippen molar-refractivity contribution in [3.63, 3.8) is 0 Å². The van der Waals surface area contributed by atoms with Crippen LogP contribution in [0, 0.1) is 10.1 Å². The van der Waals surface area contributed by atoms with Gasteiger partial charge in [-0.2, -0.15) is 0 Å². The molecule has 23 heavy (non-hydrogen) atoms. The number of aliphatic imine (C=N–C) groups is 1. The molecular weight excluding hydrogens is 318 g/mol. The Morgan fingerprint density at radius 3 is 2.96 bits per heavy atom. The molecule has 1 fully saturated rings. The molecule has 2 heterocycles. The molecule has 3 rings (SSSR count). The first kappa shape index (κ1) is 15.0. The average Bonchev–Trinajstić information content (AvgIpc) is 3.16. The van der Waals surface area contributed by atoms with Crippen LogP contribution in [0.3, 0.4) is 0 Å². The minimum atomic E-state index is -0.472. The van der Waals surface area contributed by atoms with E-state index in [1.54, 1.807) is 36.6 Å². The molecule has 1 N–H and O–H groups in total. The van der Waals surface area contributed by atoms with Crippen LogP contribution in [0.15, 0.2) is 57.0 Å². The van der Waals surface area contributed by atoms with Crippen molar-refractivity contribution in [1.29, 1.82) is 0 Å². The molecule has 2 aromatic rings. The van der Waals surface area contributed by atoms with E-state index in [2.05, 4.69) is 10.3 Å². The summed E-state index contributed by atoms with van der Waals surface area (Å²) in [4.78, 5) is 26.9. The lowest BCUT2D eigenvalue weighted by molar-refractivity contribution is -0.384. The number of furan rings is 1. The average molecular weight is 329 g/mol. The van der Waals surface area contributed by atoms with Gasteiger partial charge >= 0.3 is 0 Å². The van der Waals surface area contributed by atoms with E-state index < -0.39 is 4.92 Å². The summed E-state index contributed by atoms with van der Waals surface area (Å²) < 4.78 is 5.17. The summed E-state index contributed by atoms with van der Waals surface area (Å²) in [7, 11) is 0. The Morgan fingerprint density at radius 2 is 2.22 bits per heavy atom. The van der Waals surface area contributed by atoms with Crippen LogP contribution in [0.5, 0.6) is 0 Å². The maximum Gasteiger partial charge on any atom is 0.270 e. The van der Waals surface area contributed by atoms with Crippen molar-refractivity contribution in [2.45, 2.75) is 6.54 Å². The standard InChI is InChI=1S/C15H11N3O4S/c19-14-13(8-10-3-1-4-11(7-10)18(20)21)23-15(17-14)16-9-12-5-2-6-22-12/h1-8H,9H2,(H,16,17,19)/b13-8-. The van der Waals surface area contributed by atoms with Gasteiger partial charge in [-0.05, 0) is 35.5 Å². The third-order valence-electron chi connectivity index (χ3n) is 2.99. The van der Waals surface area contributed by atoms with Crippen LogP contribution in [-0.4, -0.2) is 16.0 Å². The zero-order valence-corrected chi connectivity index (χ0v) is 12.6. The van der Waals surface area contributed by atoms with Gasteiger partial charge < -0.3 is 9.73 Å². The highest BCUT2D eigenvalue weighted by Crippen LogP contribution is 2.27. The maximum absolute atomic E-state index is 11.9. The monoisotopic (exact) mass is 329 g/mol. The van der Waals surface area contributed by atoms with Gasteiger partial charge in [0.1, 0.15) is 5.76 Å². The summed E-state index contributed by atoms with van der Waals surface area (Å²) in [6.07, 6.45) is 3.16. The fourth-order valence-corrected chi connectivity index (χ4v) is 2.75. The normalized spacial score (nSPS) is 17.7. The van der Waals surface area contributed by atoms with Crippen molar-refractivity contribution in [3.8, 4) is 0 Å². The molecular formula is C15H11N3O4S. The van der Waals surface area contributed by atoms with Gasteiger partial charge in [0.15, 0.2) is 5.17 Å². The Bertz CT molecular complexity index is 812. The molecule has 0 atom stereocenters. The van der Waals surface area contributed by atoms with E-state index in [9.17, 15) is 14.9 Å². The van der Waals surface area contributed by atoms with Gasteiger partial charge in [0.05, 0.1) is 22.6 Å². The molecule has 0 unspecified atom stereocenters. The lowest BCUT2D eigenvalue weighted by Gasteiger charge is -1.95. The number of hydrogen-bond donors (Lipinski definition) is 1. The smallest absolute Gasteiger partial charge is 0.270 e. The van der Waals surface area contributed by atoms with E-state index in [4.69, 9.17) is 4.42 Å². The van der Waals surface area contributed by atoms with Crippen molar-refractivity contribution >= 4 is 34.6 Å². The SMILES string of the molecule is O=C1NC(=NCc2ccco2)S/C1=C\c1cccc([N+](=O)[O-])c1. The van der Waals surface area contributed by atoms with Crippen LogP contribution in [0.25, 0.3) is 6.08 Å². The number of benzene rings is 1. The second-order valence-corrected chi connectivity index (χ2v) is 5.65. The Morgan fingerprint density at radius 1 is 1.35 bits per heavy atom. The van der Waals surface area contributed by atoms with Crippen LogP contribution in [0.1, 0.15) is 11.3 Å². The summed E-state index contributed by atoms with van der Waals surface area (Å²) in [6, 6.07) is 9.66. The number of nitrogens with zero attached hydrogens (tertiary/aromatic N) is 2. The number of nitrogens with one attached hydrogen (secondary N) is 1. The Labute approximate surface area is 135 Å². The number of amidine groups is 1. The van der Waals surface area contributed by atoms with Gasteiger partial charge in [-0.25, -0.2) is 0 Å². The van der Waals surface area contributed by atoms with E-state index in [0.29, 0.717) is 27.9 Å². The molecule has 0 aliphatic carbocycles. The topological polar surface area (TPSA) is 97.7 Å². The summed E-state index contributed by atoms with van der Waals surface area (Å²) in [5.41, 5.74) is 0.568. The van der Waals surface area contributed by atoms with Gasteiger partial charge in [0, 0.05) is 12.1 Å². The number of hydrogen-bond acceptors (Lipinski definition) is 6. The number of nitro benzene ring substituents is 1. The van der Waals surface area contributed by atoms with Crippen molar-refractivity contribution < 1.29 is 14.1 Å². The largest absolute Gasteiger partial charge is 0.467 e. The fraction of sp³-hybridized carbons (Fsp3) is 0.0667.